The maximum absolute atomic E-state index is 13.3. The molecule has 2 saturated carbocycles. The summed E-state index contributed by atoms with van der Waals surface area (Å²) in [7, 11) is 1.80. The molecule has 2 atom stereocenters. The first kappa shape index (κ1) is 62.8. The molecule has 0 bridgehead atoms. The number of methoxy groups -OCH3 is 1. The molecule has 0 spiro atoms. The van der Waals surface area contributed by atoms with Gasteiger partial charge in [-0.2, -0.15) is 0 Å². The van der Waals surface area contributed by atoms with Gasteiger partial charge in [0.25, 0.3) is 0 Å². The van der Waals surface area contributed by atoms with Crippen molar-refractivity contribution in [3.63, 3.8) is 0 Å². The molecule has 4 aliphatic carbocycles. The third-order valence-electron chi connectivity index (χ3n) is 14.4. The Morgan fingerprint density at radius 3 is 1.34 bits per heavy atom. The molecule has 0 radical (unpaired) electrons. The highest BCUT2D eigenvalue weighted by Crippen LogP contribution is 2.42. The van der Waals surface area contributed by atoms with E-state index in [9.17, 15) is 28.8 Å². The Morgan fingerprint density at radius 2 is 0.905 bits per heavy atom. The molecule has 74 heavy (non-hydrogen) atoms. The monoisotopic (exact) mass is 1020 g/mol. The number of hydrogen-bond donors (Lipinski definition) is 0. The van der Waals surface area contributed by atoms with Gasteiger partial charge in [-0.05, 0) is 112 Å². The van der Waals surface area contributed by atoms with Crippen LogP contribution in [0, 0.1) is 22.7 Å². The van der Waals surface area contributed by atoms with Crippen LogP contribution in [0.15, 0.2) is 130 Å². The minimum atomic E-state index is -0.880. The summed E-state index contributed by atoms with van der Waals surface area (Å²) in [6.45, 7) is 21.2. The van der Waals surface area contributed by atoms with E-state index in [-0.39, 0.29) is 42.7 Å². The predicted octanol–water partition coefficient (Wildman–Crippen LogP) is 14.5. The highest BCUT2D eigenvalue weighted by atomic mass is 16.6. The maximum atomic E-state index is 13.3. The molecular formula is C64H90O10. The van der Waals surface area contributed by atoms with Crippen LogP contribution in [-0.2, 0) is 47.7 Å². The molecular weight excluding hydrogens is 929 g/mol. The molecule has 0 saturated heterocycles. The number of rotatable bonds is 22. The quantitative estimate of drug-likeness (QED) is 0.0338. The smallest absolute Gasteiger partial charge is 0.307 e. The molecule has 10 heteroatoms. The van der Waals surface area contributed by atoms with Crippen molar-refractivity contribution in [1.29, 1.82) is 0 Å². The Hall–Kier alpha value is -5.48. The van der Waals surface area contributed by atoms with E-state index in [1.165, 1.54) is 57.8 Å². The molecule has 0 heterocycles. The van der Waals surface area contributed by atoms with E-state index in [0.717, 1.165) is 58.8 Å². The summed E-state index contributed by atoms with van der Waals surface area (Å²) < 4.78 is 21.6. The van der Waals surface area contributed by atoms with Crippen LogP contribution in [0.4, 0.5) is 0 Å². The number of Topliss-reactive ketones (excluding diaryl/α,β-unsaturated/α-hetero) is 2. The highest BCUT2D eigenvalue weighted by Gasteiger charge is 2.41. The first-order chi connectivity index (χ1) is 35.2. The Bertz CT molecular complexity index is 2260. The number of allylic oxidation sites excluding steroid dienone is 20. The average Bonchev–Trinajstić information content (AvgIpc) is 3.63. The van der Waals surface area contributed by atoms with E-state index in [0.29, 0.717) is 42.8 Å². The molecule has 2 fully saturated rings. The number of hydrogen-bond acceptors (Lipinski definition) is 10. The summed E-state index contributed by atoms with van der Waals surface area (Å²) in [5.41, 5.74) is 6.38. The van der Waals surface area contributed by atoms with E-state index in [4.69, 9.17) is 18.9 Å². The normalized spacial score (nSPS) is 22.0. The molecule has 0 aromatic rings. The highest BCUT2D eigenvalue weighted by molar-refractivity contribution is 6.02. The van der Waals surface area contributed by atoms with Crippen molar-refractivity contribution in [3.05, 3.63) is 130 Å². The minimum Gasteiger partial charge on any atom is -0.465 e. The van der Waals surface area contributed by atoms with Crippen LogP contribution in [0.25, 0.3) is 0 Å². The average molecular weight is 1020 g/mol. The second-order valence-electron chi connectivity index (χ2n) is 22.1. The molecule has 0 aliphatic heterocycles. The number of carbonyl (C=O) groups is 6. The van der Waals surface area contributed by atoms with Crippen LogP contribution in [-0.4, -0.2) is 68.3 Å². The van der Waals surface area contributed by atoms with Gasteiger partial charge in [0.2, 0.25) is 0 Å². The van der Waals surface area contributed by atoms with Gasteiger partial charge in [0.05, 0.1) is 25.9 Å². The van der Waals surface area contributed by atoms with E-state index in [2.05, 4.69) is 0 Å². The van der Waals surface area contributed by atoms with Gasteiger partial charge in [0, 0.05) is 33.0 Å². The third kappa shape index (κ3) is 23.0. The minimum absolute atomic E-state index is 0.0264. The fourth-order valence-corrected chi connectivity index (χ4v) is 9.98. The number of ether oxygens (including phenoxy) is 4. The molecule has 406 valence electrons. The first-order valence-corrected chi connectivity index (χ1v) is 27.2. The number of carbonyl (C=O) groups excluding carboxylic acids is 6. The van der Waals surface area contributed by atoms with Crippen molar-refractivity contribution in [3.8, 4) is 0 Å². The van der Waals surface area contributed by atoms with Crippen molar-refractivity contribution in [1.82, 2.24) is 0 Å². The topological polar surface area (TPSA) is 139 Å². The lowest BCUT2D eigenvalue weighted by molar-refractivity contribution is -0.158. The molecule has 4 aliphatic rings. The zero-order valence-electron chi connectivity index (χ0n) is 47.0. The van der Waals surface area contributed by atoms with Gasteiger partial charge in [0.15, 0.2) is 23.8 Å². The van der Waals surface area contributed by atoms with Crippen LogP contribution < -0.4 is 0 Å². The number of aldehydes is 1. The summed E-state index contributed by atoms with van der Waals surface area (Å²) in [5, 5.41) is 0. The zero-order chi connectivity index (χ0) is 54.7. The summed E-state index contributed by atoms with van der Waals surface area (Å²) in [6, 6.07) is 0. The SMILES string of the molecule is CC1=C(/C=C/C(C)=C/C=C/C(C)=C/C=C/C=C(C)/C=C/C=C(C)/C=C/C2=C(C)C(=O)C(OC(=O)CCC(=O)OCC3CCCCCC3)CC2(C)C)C(C)(C)CC(OC(=O)CCC=O)C1=O.COCC1CCCCC1. The second-order valence-corrected chi connectivity index (χ2v) is 22.1. The van der Waals surface area contributed by atoms with Crippen LogP contribution in [0.2, 0.25) is 0 Å². The molecule has 10 nitrogen and oxygen atoms in total. The van der Waals surface area contributed by atoms with Gasteiger partial charge in [-0.15, -0.1) is 0 Å². The van der Waals surface area contributed by atoms with Gasteiger partial charge < -0.3 is 23.7 Å². The number of ketones is 2. The predicted molar refractivity (Wildman–Crippen MR) is 298 cm³/mol. The van der Waals surface area contributed by atoms with Gasteiger partial charge in [-0.1, -0.05) is 180 Å². The van der Waals surface area contributed by atoms with Gasteiger partial charge >= 0.3 is 17.9 Å². The van der Waals surface area contributed by atoms with Gasteiger partial charge in [-0.3, -0.25) is 24.0 Å². The second kappa shape index (κ2) is 32.7. The zero-order valence-corrected chi connectivity index (χ0v) is 47.0. The van der Waals surface area contributed by atoms with Crippen LogP contribution >= 0.6 is 0 Å². The van der Waals surface area contributed by atoms with Crippen molar-refractivity contribution in [2.45, 2.75) is 191 Å². The third-order valence-corrected chi connectivity index (χ3v) is 14.4. The lowest BCUT2D eigenvalue weighted by Crippen LogP contribution is -2.39. The van der Waals surface area contributed by atoms with E-state index in [1.807, 2.05) is 140 Å². The maximum Gasteiger partial charge on any atom is 0.307 e. The fourth-order valence-electron chi connectivity index (χ4n) is 9.98. The molecule has 2 unspecified atom stereocenters. The summed E-state index contributed by atoms with van der Waals surface area (Å²) in [5.74, 6) is -0.617. The van der Waals surface area contributed by atoms with Gasteiger partial charge in [0.1, 0.15) is 6.29 Å². The Kier molecular flexibility index (Phi) is 27.8. The molecule has 0 amide bonds. The Morgan fingerprint density at radius 1 is 0.527 bits per heavy atom. The van der Waals surface area contributed by atoms with Crippen LogP contribution in [0.5, 0.6) is 0 Å². The fraction of sp³-hybridized carbons (Fsp3) is 0.562. The molecule has 0 aromatic heterocycles. The van der Waals surface area contributed by atoms with Gasteiger partial charge in [-0.25, -0.2) is 0 Å². The van der Waals surface area contributed by atoms with E-state index in [1.54, 1.807) is 21.0 Å². The summed E-state index contributed by atoms with van der Waals surface area (Å²) >= 11 is 0. The standard InChI is InChI=1S/C56H74O9.C8H16O/c1-39(22-17-24-41(3)29-31-46-43(5)53(61)48(36-55(46,7)8)64-51(59)28-19-35-57)20-15-16-21-40(2)23-18-25-42(4)30-32-47-44(6)54(62)49(37-56(47,9)10)65-52(60)34-33-50(58)63-38-45-26-13-11-12-14-27-45;1-9-7-8-5-3-2-4-6-8/h15-18,20-25,29-32,35,45,48-49H,11-14,19,26-28,33-34,36-38H2,1-10H3;8H,2-7H2,1H3/b16-15+,22-17+,23-18+,31-29+,32-30+,39-20+,40-21+,41-24+,42-25+;. The van der Waals surface area contributed by atoms with Crippen molar-refractivity contribution < 1.29 is 47.7 Å². The first-order valence-electron chi connectivity index (χ1n) is 27.2. The van der Waals surface area contributed by atoms with Crippen LogP contribution in [0.1, 0.15) is 178 Å². The Balaban J connectivity index is 0.00000144. The van der Waals surface area contributed by atoms with E-state index >= 15 is 0 Å². The molecule has 0 aromatic carbocycles. The van der Waals surface area contributed by atoms with E-state index < -0.39 is 35.5 Å². The molecule has 0 N–H and O–H groups in total. The van der Waals surface area contributed by atoms with Crippen molar-refractivity contribution in [2.75, 3.05) is 20.3 Å². The summed E-state index contributed by atoms with van der Waals surface area (Å²) in [4.78, 5) is 74.0. The lowest BCUT2D eigenvalue weighted by atomic mass is 9.71. The Labute approximate surface area is 445 Å². The largest absolute Gasteiger partial charge is 0.465 e. The number of esters is 3. The molecule has 4 rings (SSSR count). The lowest BCUT2D eigenvalue weighted by Gasteiger charge is -2.36. The van der Waals surface area contributed by atoms with Crippen molar-refractivity contribution in [2.24, 2.45) is 22.7 Å². The van der Waals surface area contributed by atoms with Crippen molar-refractivity contribution >= 4 is 35.8 Å². The summed E-state index contributed by atoms with van der Waals surface area (Å²) in [6.07, 6.45) is 41.7. The van der Waals surface area contributed by atoms with Crippen LogP contribution in [0.3, 0.4) is 0 Å².